The van der Waals surface area contributed by atoms with E-state index in [1.807, 2.05) is 65.8 Å². The van der Waals surface area contributed by atoms with Gasteiger partial charge < -0.3 is 4.74 Å². The highest BCUT2D eigenvalue weighted by Crippen LogP contribution is 2.29. The molecule has 0 atom stereocenters. The number of nitrogens with one attached hydrogen (secondary N) is 1. The van der Waals surface area contributed by atoms with E-state index in [0.717, 1.165) is 16.8 Å². The predicted molar refractivity (Wildman–Crippen MR) is 138 cm³/mol. The van der Waals surface area contributed by atoms with E-state index in [1.54, 1.807) is 24.5 Å². The van der Waals surface area contributed by atoms with E-state index in [-0.39, 0.29) is 10.6 Å². The van der Waals surface area contributed by atoms with Crippen LogP contribution in [0.4, 0.5) is 10.5 Å². The van der Waals surface area contributed by atoms with Crippen molar-refractivity contribution < 1.29 is 9.53 Å². The number of benzene rings is 1. The van der Waals surface area contributed by atoms with E-state index in [9.17, 15) is 9.59 Å². The molecule has 1 aromatic carbocycles. The first-order chi connectivity index (χ1) is 15.8. The lowest BCUT2D eigenvalue weighted by Crippen LogP contribution is -2.36. The molecule has 9 heteroatoms. The van der Waals surface area contributed by atoms with Crippen LogP contribution in [-0.2, 0) is 16.0 Å². The number of amides is 1. The fourth-order valence-corrected chi connectivity index (χ4v) is 4.16. The molecule has 0 aliphatic carbocycles. The highest BCUT2D eigenvalue weighted by atomic mass is 35.5. The molecule has 3 aromatic rings. The zero-order chi connectivity index (χ0) is 25.1. The molecule has 180 valence electrons. The minimum Gasteiger partial charge on any atom is -0.444 e. The Hall–Kier alpha value is -2.84. The Morgan fingerprint density at radius 1 is 1.12 bits per heavy atom. The molecule has 0 saturated heterocycles. The van der Waals surface area contributed by atoms with Crippen molar-refractivity contribution in [3.05, 3.63) is 69.7 Å². The lowest BCUT2D eigenvalue weighted by Gasteiger charge is -2.21. The van der Waals surface area contributed by atoms with Crippen molar-refractivity contribution in [2.75, 3.05) is 5.32 Å². The van der Waals surface area contributed by atoms with Crippen molar-refractivity contribution in [1.29, 1.82) is 0 Å². The van der Waals surface area contributed by atoms with Crippen molar-refractivity contribution in [3.8, 4) is 11.3 Å². The molecule has 0 aliphatic rings. The van der Waals surface area contributed by atoms with Gasteiger partial charge in [-0.1, -0.05) is 35.9 Å². The third kappa shape index (κ3) is 6.84. The summed E-state index contributed by atoms with van der Waals surface area (Å²) in [5.41, 5.74) is 2.00. The number of hydrogen-bond donors (Lipinski definition) is 1. The van der Waals surface area contributed by atoms with Crippen LogP contribution in [0.2, 0.25) is 5.02 Å². The zero-order valence-corrected chi connectivity index (χ0v) is 21.8. The van der Waals surface area contributed by atoms with Gasteiger partial charge in [-0.15, -0.1) is 11.8 Å². The van der Waals surface area contributed by atoms with Gasteiger partial charge in [-0.3, -0.25) is 15.1 Å². The number of carbonyl (C=O) groups is 1. The lowest BCUT2D eigenvalue weighted by molar-refractivity contribution is 0.0636. The smallest absolute Gasteiger partial charge is 0.412 e. The van der Waals surface area contributed by atoms with Gasteiger partial charge in [0.05, 0.1) is 22.3 Å². The minimum absolute atomic E-state index is 0.185. The van der Waals surface area contributed by atoms with Gasteiger partial charge in [0.2, 0.25) is 0 Å². The van der Waals surface area contributed by atoms with E-state index in [4.69, 9.17) is 16.3 Å². The van der Waals surface area contributed by atoms with Gasteiger partial charge in [-0.2, -0.15) is 5.10 Å². The molecule has 0 bridgehead atoms. The molecule has 1 amide bonds. The SMILES string of the molecule is CC(C)(C)OC(=O)Nc1ccnc(-c2ccc(CSc3cnn(C(C)(C)C)c(=O)c3Cl)cc2)c1. The Morgan fingerprint density at radius 3 is 2.41 bits per heavy atom. The molecule has 0 radical (unpaired) electrons. The summed E-state index contributed by atoms with van der Waals surface area (Å²) in [4.78, 5) is 29.6. The fourth-order valence-electron chi connectivity index (χ4n) is 3.02. The quantitative estimate of drug-likeness (QED) is 0.410. The maximum absolute atomic E-state index is 12.5. The fraction of sp³-hybridized carbons (Fsp3) is 0.360. The number of anilines is 1. The van der Waals surface area contributed by atoms with Crippen molar-refractivity contribution >= 4 is 35.1 Å². The van der Waals surface area contributed by atoms with Crippen molar-refractivity contribution in [1.82, 2.24) is 14.8 Å². The summed E-state index contributed by atoms with van der Waals surface area (Å²) < 4.78 is 6.69. The average Bonchev–Trinajstić information content (AvgIpc) is 2.73. The standard InChI is InChI=1S/C25H29ClN4O3S/c1-24(2,3)30-22(31)21(26)20(14-28-30)34-15-16-7-9-17(10-8-16)19-13-18(11-12-27-19)29-23(32)33-25(4,5)6/h7-14H,15H2,1-6H3,(H,27,29,32). The van der Waals surface area contributed by atoms with Gasteiger partial charge in [0.25, 0.3) is 5.56 Å². The van der Waals surface area contributed by atoms with Crippen LogP contribution in [0.25, 0.3) is 11.3 Å². The van der Waals surface area contributed by atoms with Gasteiger partial charge >= 0.3 is 6.09 Å². The predicted octanol–water partition coefficient (Wildman–Crippen LogP) is 6.35. The number of ether oxygens (including phenoxy) is 1. The Balaban J connectivity index is 1.68. The number of thioether (sulfide) groups is 1. The van der Waals surface area contributed by atoms with Crippen LogP contribution < -0.4 is 10.9 Å². The molecule has 3 rings (SSSR count). The van der Waals surface area contributed by atoms with E-state index >= 15 is 0 Å². The number of rotatable bonds is 5. The maximum Gasteiger partial charge on any atom is 0.412 e. The Morgan fingerprint density at radius 2 is 1.79 bits per heavy atom. The maximum atomic E-state index is 12.5. The summed E-state index contributed by atoms with van der Waals surface area (Å²) in [6, 6.07) is 11.4. The largest absolute Gasteiger partial charge is 0.444 e. The van der Waals surface area contributed by atoms with Crippen LogP contribution in [-0.4, -0.2) is 26.5 Å². The molecule has 7 nitrogen and oxygen atoms in total. The number of pyridine rings is 1. The number of nitrogens with zero attached hydrogens (tertiary/aromatic N) is 3. The van der Waals surface area contributed by atoms with E-state index < -0.39 is 17.2 Å². The van der Waals surface area contributed by atoms with Crippen LogP contribution in [0.1, 0.15) is 47.1 Å². The first kappa shape index (κ1) is 25.8. The summed E-state index contributed by atoms with van der Waals surface area (Å²) in [6.45, 7) is 11.2. The minimum atomic E-state index is -0.573. The van der Waals surface area contributed by atoms with Crippen LogP contribution >= 0.6 is 23.4 Å². The monoisotopic (exact) mass is 500 g/mol. The van der Waals surface area contributed by atoms with Crippen molar-refractivity contribution in [2.24, 2.45) is 0 Å². The van der Waals surface area contributed by atoms with Crippen LogP contribution in [0.5, 0.6) is 0 Å². The molecule has 0 unspecified atom stereocenters. The summed E-state index contributed by atoms with van der Waals surface area (Å²) >= 11 is 7.78. The number of aromatic nitrogens is 3. The molecular formula is C25H29ClN4O3S. The molecular weight excluding hydrogens is 472 g/mol. The normalized spacial score (nSPS) is 11.9. The van der Waals surface area contributed by atoms with Gasteiger partial charge in [0, 0.05) is 23.2 Å². The summed E-state index contributed by atoms with van der Waals surface area (Å²) in [5.74, 6) is 0.633. The van der Waals surface area contributed by atoms with E-state index in [2.05, 4.69) is 15.4 Å². The second-order valence-electron chi connectivity index (χ2n) is 9.75. The molecule has 1 N–H and O–H groups in total. The highest BCUT2D eigenvalue weighted by molar-refractivity contribution is 7.98. The number of hydrogen-bond acceptors (Lipinski definition) is 6. The average molecular weight is 501 g/mol. The Labute approximate surface area is 208 Å². The topological polar surface area (TPSA) is 86.1 Å². The van der Waals surface area contributed by atoms with Crippen LogP contribution in [0.3, 0.4) is 0 Å². The summed E-state index contributed by atoms with van der Waals surface area (Å²) in [6.07, 6.45) is 2.77. The highest BCUT2D eigenvalue weighted by Gasteiger charge is 2.20. The number of carbonyl (C=O) groups excluding carboxylic acids is 1. The summed E-state index contributed by atoms with van der Waals surface area (Å²) in [7, 11) is 0. The van der Waals surface area contributed by atoms with Gasteiger partial charge in [0.15, 0.2) is 0 Å². The molecule has 0 aliphatic heterocycles. The van der Waals surface area contributed by atoms with Crippen molar-refractivity contribution in [2.45, 2.75) is 63.3 Å². The second-order valence-corrected chi connectivity index (χ2v) is 11.1. The molecule has 2 aromatic heterocycles. The van der Waals surface area contributed by atoms with Gasteiger partial charge in [0.1, 0.15) is 10.6 Å². The summed E-state index contributed by atoms with van der Waals surface area (Å²) in [5, 5.41) is 7.19. The van der Waals surface area contributed by atoms with Crippen LogP contribution in [0.15, 0.2) is 58.5 Å². The first-order valence-corrected chi connectivity index (χ1v) is 12.2. The zero-order valence-electron chi connectivity index (χ0n) is 20.2. The second kappa shape index (κ2) is 10.2. The third-order valence-corrected chi connectivity index (χ3v) is 6.15. The van der Waals surface area contributed by atoms with Crippen LogP contribution in [0, 0.1) is 0 Å². The first-order valence-electron chi connectivity index (χ1n) is 10.8. The molecule has 2 heterocycles. The van der Waals surface area contributed by atoms with Gasteiger partial charge in [-0.25, -0.2) is 9.48 Å². The van der Waals surface area contributed by atoms with Gasteiger partial charge in [-0.05, 0) is 59.2 Å². The molecule has 0 saturated carbocycles. The molecule has 34 heavy (non-hydrogen) atoms. The van der Waals surface area contributed by atoms with Crippen molar-refractivity contribution in [3.63, 3.8) is 0 Å². The molecule has 0 fully saturated rings. The lowest BCUT2D eigenvalue weighted by atomic mass is 10.1. The van der Waals surface area contributed by atoms with E-state index in [0.29, 0.717) is 16.3 Å². The number of halogens is 1. The Bertz CT molecular complexity index is 1230. The van der Waals surface area contributed by atoms with E-state index in [1.165, 1.54) is 16.4 Å². The molecule has 0 spiro atoms. The third-order valence-electron chi connectivity index (χ3n) is 4.57. The Kier molecular flexibility index (Phi) is 7.73.